The summed E-state index contributed by atoms with van der Waals surface area (Å²) in [6.07, 6.45) is 6.53. The van der Waals surface area contributed by atoms with Crippen LogP contribution >= 0.6 is 0 Å². The van der Waals surface area contributed by atoms with Crippen molar-refractivity contribution in [2.45, 2.75) is 57.4 Å². The Morgan fingerprint density at radius 1 is 1.17 bits per heavy atom. The number of fused-ring (bicyclic) bond motifs is 3. The fraction of sp³-hybridized carbons (Fsp3) is 0.571. The number of sulfone groups is 1. The predicted molar refractivity (Wildman–Crippen MR) is 107 cm³/mol. The van der Waals surface area contributed by atoms with Gasteiger partial charge in [0.1, 0.15) is 5.37 Å². The monoisotopic (exact) mass is 424 g/mol. The van der Waals surface area contributed by atoms with Crippen LogP contribution in [0.2, 0.25) is 0 Å². The molecule has 1 heterocycles. The molecule has 4 rings (SSSR count). The Bertz CT molecular complexity index is 1080. The Balaban J connectivity index is 1.79. The molecule has 3 atom stereocenters. The first-order valence-corrected chi connectivity index (χ1v) is 12.0. The minimum absolute atomic E-state index is 0.0594. The van der Waals surface area contributed by atoms with Gasteiger partial charge in [0, 0.05) is 23.4 Å². The summed E-state index contributed by atoms with van der Waals surface area (Å²) in [6, 6.07) is 2.39. The summed E-state index contributed by atoms with van der Waals surface area (Å²) in [6.45, 7) is 2.99. The molecule has 0 saturated heterocycles. The molecule has 2 aliphatic rings. The molecule has 5 nitrogen and oxygen atoms in total. The maximum atomic E-state index is 14.7. The number of amides is 1. The summed E-state index contributed by atoms with van der Waals surface area (Å²) in [5.41, 5.74) is 0.348. The molecule has 158 valence electrons. The predicted octanol–water partition coefficient (Wildman–Crippen LogP) is 4.10. The van der Waals surface area contributed by atoms with Crippen LogP contribution in [0.25, 0.3) is 10.9 Å². The van der Waals surface area contributed by atoms with Gasteiger partial charge in [-0.2, -0.15) is 0 Å². The average molecular weight is 425 g/mol. The number of rotatable bonds is 4. The van der Waals surface area contributed by atoms with Crippen LogP contribution in [0.3, 0.4) is 0 Å². The molecule has 2 aliphatic carbocycles. The molecule has 2 bridgehead atoms. The summed E-state index contributed by atoms with van der Waals surface area (Å²) in [7, 11) is -3.60. The van der Waals surface area contributed by atoms with Crippen molar-refractivity contribution >= 4 is 26.6 Å². The van der Waals surface area contributed by atoms with Gasteiger partial charge >= 0.3 is 0 Å². The molecule has 0 spiro atoms. The fourth-order valence-electron chi connectivity index (χ4n) is 5.28. The molecule has 2 aromatic rings. The van der Waals surface area contributed by atoms with Crippen molar-refractivity contribution in [1.29, 1.82) is 0 Å². The lowest BCUT2D eigenvalue weighted by Gasteiger charge is -2.28. The van der Waals surface area contributed by atoms with Gasteiger partial charge in [-0.15, -0.1) is 0 Å². The van der Waals surface area contributed by atoms with E-state index in [-0.39, 0.29) is 28.4 Å². The van der Waals surface area contributed by atoms with Crippen LogP contribution < -0.4 is 5.32 Å². The Kier molecular flexibility index (Phi) is 4.96. The van der Waals surface area contributed by atoms with E-state index in [1.165, 1.54) is 36.8 Å². The van der Waals surface area contributed by atoms with Crippen molar-refractivity contribution in [1.82, 2.24) is 9.88 Å². The maximum Gasteiger partial charge on any atom is 0.253 e. The topological polar surface area (TPSA) is 68.2 Å². The first kappa shape index (κ1) is 20.3. The van der Waals surface area contributed by atoms with Gasteiger partial charge in [0.2, 0.25) is 0 Å². The Morgan fingerprint density at radius 2 is 1.79 bits per heavy atom. The van der Waals surface area contributed by atoms with E-state index in [0.717, 1.165) is 25.2 Å². The maximum absolute atomic E-state index is 14.7. The lowest BCUT2D eigenvalue weighted by Crippen LogP contribution is -2.39. The van der Waals surface area contributed by atoms with Gasteiger partial charge in [0.05, 0.1) is 11.1 Å². The van der Waals surface area contributed by atoms with Crippen molar-refractivity contribution in [2.24, 2.45) is 11.8 Å². The first-order chi connectivity index (χ1) is 13.6. The molecule has 1 aromatic heterocycles. The Labute approximate surface area is 169 Å². The zero-order valence-electron chi connectivity index (χ0n) is 16.8. The van der Waals surface area contributed by atoms with Crippen molar-refractivity contribution < 1.29 is 22.0 Å². The molecule has 1 N–H and O–H groups in total. The van der Waals surface area contributed by atoms with E-state index in [2.05, 4.69) is 5.32 Å². The van der Waals surface area contributed by atoms with E-state index >= 15 is 0 Å². The highest BCUT2D eigenvalue weighted by Gasteiger charge is 2.36. The third-order valence-electron chi connectivity index (χ3n) is 6.73. The molecule has 3 unspecified atom stereocenters. The van der Waals surface area contributed by atoms with Crippen LogP contribution in [0.15, 0.2) is 12.1 Å². The number of nitrogens with one attached hydrogen (secondary N) is 1. The van der Waals surface area contributed by atoms with Gasteiger partial charge in [-0.3, -0.25) is 4.79 Å². The quantitative estimate of drug-likeness (QED) is 0.804. The van der Waals surface area contributed by atoms with Crippen LogP contribution in [-0.2, 0) is 9.84 Å². The Hall–Kier alpha value is -1.96. The molecule has 0 aliphatic heterocycles. The van der Waals surface area contributed by atoms with Crippen molar-refractivity contribution in [3.8, 4) is 0 Å². The van der Waals surface area contributed by atoms with Crippen LogP contribution in [0, 0.1) is 30.4 Å². The molecule has 2 saturated carbocycles. The van der Waals surface area contributed by atoms with Gasteiger partial charge in [-0.1, -0.05) is 12.8 Å². The molecule has 8 heteroatoms. The largest absolute Gasteiger partial charge is 0.349 e. The van der Waals surface area contributed by atoms with Crippen LogP contribution in [-0.4, -0.2) is 31.2 Å². The van der Waals surface area contributed by atoms with Crippen molar-refractivity contribution in [3.05, 3.63) is 35.0 Å². The van der Waals surface area contributed by atoms with Gasteiger partial charge in [0.15, 0.2) is 21.5 Å². The number of hydrogen-bond donors (Lipinski definition) is 1. The molecule has 2 fully saturated rings. The second-order valence-corrected chi connectivity index (χ2v) is 11.0. The second-order valence-electron chi connectivity index (χ2n) is 8.70. The SMILES string of the molecule is Cc1c(C(=O)NC2CC3CCC(C3)C2)c2ccc(F)c(F)c2n1C(C)S(C)(=O)=O. The van der Waals surface area contributed by atoms with E-state index in [0.29, 0.717) is 17.5 Å². The van der Waals surface area contributed by atoms with Gasteiger partial charge < -0.3 is 9.88 Å². The van der Waals surface area contributed by atoms with Crippen molar-refractivity contribution in [3.63, 3.8) is 0 Å². The number of carbonyl (C=O) groups is 1. The third-order valence-corrected chi connectivity index (χ3v) is 8.18. The highest BCUT2D eigenvalue weighted by molar-refractivity contribution is 7.90. The van der Waals surface area contributed by atoms with E-state index in [1.807, 2.05) is 0 Å². The van der Waals surface area contributed by atoms with Crippen LogP contribution in [0.4, 0.5) is 8.78 Å². The van der Waals surface area contributed by atoms with E-state index in [4.69, 9.17) is 0 Å². The van der Waals surface area contributed by atoms with Crippen LogP contribution in [0.5, 0.6) is 0 Å². The first-order valence-electron chi connectivity index (χ1n) is 10.1. The highest BCUT2D eigenvalue weighted by atomic mass is 32.2. The van der Waals surface area contributed by atoms with Gasteiger partial charge in [0.25, 0.3) is 5.91 Å². The number of hydrogen-bond acceptors (Lipinski definition) is 3. The van der Waals surface area contributed by atoms with Crippen LogP contribution in [0.1, 0.15) is 60.5 Å². The zero-order chi connectivity index (χ0) is 21.1. The highest BCUT2D eigenvalue weighted by Crippen LogP contribution is 2.42. The molecule has 0 radical (unpaired) electrons. The normalized spacial score (nSPS) is 25.3. The molecule has 29 heavy (non-hydrogen) atoms. The number of benzene rings is 1. The average Bonchev–Trinajstić information content (AvgIpc) is 3.13. The lowest BCUT2D eigenvalue weighted by atomic mass is 9.85. The van der Waals surface area contributed by atoms with Gasteiger partial charge in [-0.25, -0.2) is 17.2 Å². The summed E-state index contributed by atoms with van der Waals surface area (Å²) in [5.74, 6) is -1.30. The number of halogens is 2. The zero-order valence-corrected chi connectivity index (χ0v) is 17.7. The lowest BCUT2D eigenvalue weighted by molar-refractivity contribution is 0.0918. The van der Waals surface area contributed by atoms with Gasteiger partial charge in [-0.05, 0) is 57.1 Å². The van der Waals surface area contributed by atoms with E-state index < -0.39 is 26.8 Å². The smallest absolute Gasteiger partial charge is 0.253 e. The summed E-state index contributed by atoms with van der Waals surface area (Å²) in [4.78, 5) is 13.2. The summed E-state index contributed by atoms with van der Waals surface area (Å²) >= 11 is 0. The molecular formula is C21H26F2N2O3S. The standard InChI is InChI=1S/C21H26F2N2O3S/c1-11-18(21(26)24-15-9-13-4-5-14(8-13)10-15)16-6-7-17(22)19(23)20(16)25(11)12(2)29(3,27)28/h6-7,12-15H,4-5,8-10H2,1-3H3,(H,24,26). The summed E-state index contributed by atoms with van der Waals surface area (Å²) in [5, 5.41) is 2.17. The second kappa shape index (κ2) is 7.07. The fourth-order valence-corrected chi connectivity index (χ4v) is 5.92. The van der Waals surface area contributed by atoms with E-state index in [9.17, 15) is 22.0 Å². The number of aromatic nitrogens is 1. The number of carbonyl (C=O) groups excluding carboxylic acids is 1. The van der Waals surface area contributed by atoms with Crippen molar-refractivity contribution in [2.75, 3.05) is 6.26 Å². The molecule has 1 aromatic carbocycles. The summed E-state index contributed by atoms with van der Waals surface area (Å²) < 4.78 is 54.2. The molecule has 1 amide bonds. The van der Waals surface area contributed by atoms with E-state index in [1.54, 1.807) is 6.92 Å². The molecular weight excluding hydrogens is 398 g/mol. The Morgan fingerprint density at radius 3 is 2.38 bits per heavy atom. The minimum Gasteiger partial charge on any atom is -0.349 e. The minimum atomic E-state index is -3.60. The number of nitrogens with zero attached hydrogens (tertiary/aromatic N) is 1. The third kappa shape index (κ3) is 3.45.